The molecule has 1 aromatic carbocycles. The van der Waals surface area contributed by atoms with Gasteiger partial charge in [0.25, 0.3) is 5.89 Å². The molecule has 0 spiro atoms. The molecule has 1 amide bonds. The Morgan fingerprint density at radius 2 is 2.08 bits per heavy atom. The SMILES string of the molecule is Cc1ccccc1CNC(=O)Cn1cccc1-c1nnc(C2CC2)o1. The largest absolute Gasteiger partial charge is 0.419 e. The summed E-state index contributed by atoms with van der Waals surface area (Å²) < 4.78 is 7.58. The van der Waals surface area contributed by atoms with E-state index in [1.54, 1.807) is 0 Å². The molecule has 0 aliphatic heterocycles. The van der Waals surface area contributed by atoms with Gasteiger partial charge in [-0.1, -0.05) is 24.3 Å². The van der Waals surface area contributed by atoms with Crippen LogP contribution in [0, 0.1) is 6.92 Å². The van der Waals surface area contributed by atoms with E-state index in [4.69, 9.17) is 4.42 Å². The van der Waals surface area contributed by atoms with E-state index in [2.05, 4.69) is 15.5 Å². The van der Waals surface area contributed by atoms with Crippen molar-refractivity contribution in [2.75, 3.05) is 0 Å². The van der Waals surface area contributed by atoms with Crippen LogP contribution in [0.4, 0.5) is 0 Å². The van der Waals surface area contributed by atoms with Gasteiger partial charge in [-0.3, -0.25) is 4.79 Å². The summed E-state index contributed by atoms with van der Waals surface area (Å²) in [6.07, 6.45) is 4.08. The molecule has 0 atom stereocenters. The zero-order valence-corrected chi connectivity index (χ0v) is 14.1. The van der Waals surface area contributed by atoms with Gasteiger partial charge in [0.2, 0.25) is 11.8 Å². The van der Waals surface area contributed by atoms with Gasteiger partial charge in [-0.2, -0.15) is 0 Å². The van der Waals surface area contributed by atoms with Gasteiger partial charge < -0.3 is 14.3 Å². The van der Waals surface area contributed by atoms with Crippen LogP contribution in [0.25, 0.3) is 11.6 Å². The molecule has 2 heterocycles. The molecular formula is C19H20N4O2. The molecule has 0 unspecified atom stereocenters. The van der Waals surface area contributed by atoms with E-state index in [0.717, 1.165) is 24.1 Å². The highest BCUT2D eigenvalue weighted by Crippen LogP contribution is 2.39. The Kier molecular flexibility index (Phi) is 4.09. The Hall–Kier alpha value is -2.89. The minimum Gasteiger partial charge on any atom is -0.419 e. The van der Waals surface area contributed by atoms with Gasteiger partial charge in [0.05, 0.1) is 0 Å². The zero-order chi connectivity index (χ0) is 17.2. The topological polar surface area (TPSA) is 73.0 Å². The summed E-state index contributed by atoms with van der Waals surface area (Å²) in [5.41, 5.74) is 3.06. The lowest BCUT2D eigenvalue weighted by Crippen LogP contribution is -2.27. The van der Waals surface area contributed by atoms with Crippen molar-refractivity contribution in [1.82, 2.24) is 20.1 Å². The van der Waals surface area contributed by atoms with Gasteiger partial charge >= 0.3 is 0 Å². The number of rotatable bonds is 6. The number of carbonyl (C=O) groups excluding carboxylic acids is 1. The van der Waals surface area contributed by atoms with Crippen molar-refractivity contribution in [3.8, 4) is 11.6 Å². The van der Waals surface area contributed by atoms with Gasteiger partial charge in [-0.05, 0) is 43.0 Å². The minimum atomic E-state index is -0.0531. The number of hydrogen-bond acceptors (Lipinski definition) is 4. The molecule has 1 fully saturated rings. The van der Waals surface area contributed by atoms with Crippen LogP contribution in [-0.2, 0) is 17.9 Å². The number of carbonyl (C=O) groups is 1. The van der Waals surface area contributed by atoms with Gasteiger partial charge in [0, 0.05) is 18.7 Å². The molecule has 6 nitrogen and oxygen atoms in total. The molecule has 3 aromatic rings. The van der Waals surface area contributed by atoms with Crippen LogP contribution in [0.5, 0.6) is 0 Å². The molecule has 1 aliphatic carbocycles. The Morgan fingerprint density at radius 1 is 1.24 bits per heavy atom. The zero-order valence-electron chi connectivity index (χ0n) is 14.1. The maximum Gasteiger partial charge on any atom is 0.264 e. The van der Waals surface area contributed by atoms with Crippen LogP contribution >= 0.6 is 0 Å². The van der Waals surface area contributed by atoms with Crippen molar-refractivity contribution in [3.05, 3.63) is 59.6 Å². The second kappa shape index (κ2) is 6.55. The lowest BCUT2D eigenvalue weighted by atomic mass is 10.1. The monoisotopic (exact) mass is 336 g/mol. The molecule has 0 bridgehead atoms. The molecule has 25 heavy (non-hydrogen) atoms. The first-order valence-corrected chi connectivity index (χ1v) is 8.51. The Morgan fingerprint density at radius 3 is 2.88 bits per heavy atom. The smallest absolute Gasteiger partial charge is 0.264 e. The Balaban J connectivity index is 1.41. The van der Waals surface area contributed by atoms with Gasteiger partial charge in [-0.25, -0.2) is 0 Å². The van der Waals surface area contributed by atoms with Crippen molar-refractivity contribution in [2.24, 2.45) is 0 Å². The van der Waals surface area contributed by atoms with Crippen molar-refractivity contribution >= 4 is 5.91 Å². The Labute approximate surface area is 145 Å². The van der Waals surface area contributed by atoms with Crippen LogP contribution in [-0.4, -0.2) is 20.7 Å². The highest BCUT2D eigenvalue weighted by Gasteiger charge is 2.29. The van der Waals surface area contributed by atoms with Gasteiger partial charge in [0.15, 0.2) is 0 Å². The lowest BCUT2D eigenvalue weighted by molar-refractivity contribution is -0.121. The molecule has 0 radical (unpaired) electrons. The van der Waals surface area contributed by atoms with E-state index >= 15 is 0 Å². The van der Waals surface area contributed by atoms with Crippen LogP contribution in [0.2, 0.25) is 0 Å². The first-order chi connectivity index (χ1) is 12.2. The molecular weight excluding hydrogens is 316 g/mol. The van der Waals surface area contributed by atoms with Crippen LogP contribution in [0.1, 0.15) is 35.8 Å². The predicted molar refractivity (Wildman–Crippen MR) is 92.7 cm³/mol. The number of benzene rings is 1. The summed E-state index contributed by atoms with van der Waals surface area (Å²) in [5, 5.41) is 11.2. The number of nitrogens with zero attached hydrogens (tertiary/aromatic N) is 3. The number of aryl methyl sites for hydroxylation is 1. The fourth-order valence-corrected chi connectivity index (χ4v) is 2.79. The Bertz CT molecular complexity index is 892. The number of nitrogens with one attached hydrogen (secondary N) is 1. The van der Waals surface area contributed by atoms with Crippen molar-refractivity contribution in [3.63, 3.8) is 0 Å². The molecule has 4 rings (SSSR count). The second-order valence-electron chi connectivity index (χ2n) is 6.44. The lowest BCUT2D eigenvalue weighted by Gasteiger charge is -2.09. The second-order valence-corrected chi connectivity index (χ2v) is 6.44. The molecule has 1 aliphatic rings. The molecule has 6 heteroatoms. The molecule has 1 saturated carbocycles. The number of aromatic nitrogens is 3. The van der Waals surface area contributed by atoms with Crippen molar-refractivity contribution in [2.45, 2.75) is 38.8 Å². The normalized spacial score (nSPS) is 13.8. The quantitative estimate of drug-likeness (QED) is 0.751. The van der Waals surface area contributed by atoms with E-state index in [1.165, 1.54) is 5.56 Å². The fraction of sp³-hybridized carbons (Fsp3) is 0.316. The standard InChI is InChI=1S/C19H20N4O2/c1-13-5-2-3-6-15(13)11-20-17(24)12-23-10-4-7-16(23)19-22-21-18(25-19)14-8-9-14/h2-7,10,14H,8-9,11-12H2,1H3,(H,20,24). The van der Waals surface area contributed by atoms with Crippen LogP contribution in [0.3, 0.4) is 0 Å². The summed E-state index contributed by atoms with van der Waals surface area (Å²) in [4.78, 5) is 12.3. The van der Waals surface area contributed by atoms with E-state index in [1.807, 2.05) is 54.1 Å². The van der Waals surface area contributed by atoms with Crippen LogP contribution in [0.15, 0.2) is 47.0 Å². The first kappa shape index (κ1) is 15.6. The highest BCUT2D eigenvalue weighted by molar-refractivity contribution is 5.76. The van der Waals surface area contributed by atoms with Crippen molar-refractivity contribution in [1.29, 1.82) is 0 Å². The summed E-state index contributed by atoms with van der Waals surface area (Å²) in [5.74, 6) is 1.54. The van der Waals surface area contributed by atoms with E-state index < -0.39 is 0 Å². The van der Waals surface area contributed by atoms with Crippen molar-refractivity contribution < 1.29 is 9.21 Å². The summed E-state index contributed by atoms with van der Waals surface area (Å²) in [6.45, 7) is 2.78. The summed E-state index contributed by atoms with van der Waals surface area (Å²) in [6, 6.07) is 11.8. The maximum atomic E-state index is 12.3. The van der Waals surface area contributed by atoms with E-state index in [9.17, 15) is 4.79 Å². The molecule has 0 saturated heterocycles. The average molecular weight is 336 g/mol. The third-order valence-corrected chi connectivity index (χ3v) is 4.47. The number of hydrogen-bond donors (Lipinski definition) is 1. The third-order valence-electron chi connectivity index (χ3n) is 4.47. The molecule has 128 valence electrons. The van der Waals surface area contributed by atoms with E-state index in [-0.39, 0.29) is 12.5 Å². The third kappa shape index (κ3) is 3.47. The van der Waals surface area contributed by atoms with Gasteiger partial charge in [-0.15, -0.1) is 10.2 Å². The molecule has 2 aromatic heterocycles. The highest BCUT2D eigenvalue weighted by atomic mass is 16.4. The summed E-state index contributed by atoms with van der Waals surface area (Å²) >= 11 is 0. The van der Waals surface area contributed by atoms with E-state index in [0.29, 0.717) is 24.2 Å². The summed E-state index contributed by atoms with van der Waals surface area (Å²) in [7, 11) is 0. The van der Waals surface area contributed by atoms with Crippen LogP contribution < -0.4 is 5.32 Å². The van der Waals surface area contributed by atoms with Gasteiger partial charge in [0.1, 0.15) is 12.2 Å². The minimum absolute atomic E-state index is 0.0531. The maximum absolute atomic E-state index is 12.3. The first-order valence-electron chi connectivity index (χ1n) is 8.51. The fourth-order valence-electron chi connectivity index (χ4n) is 2.79. The molecule has 1 N–H and O–H groups in total. The average Bonchev–Trinajstić information content (AvgIpc) is 3.16. The predicted octanol–water partition coefficient (Wildman–Crippen LogP) is 3.04. The number of amides is 1.